The molecule has 2 aliphatic rings. The maximum Gasteiger partial charge on any atom is 0.0470 e. The average Bonchev–Trinajstić information content (AvgIpc) is 2.61. The fourth-order valence-electron chi connectivity index (χ4n) is 3.61. The molecule has 0 fully saturated rings. The molecule has 0 aromatic heterocycles. The molecule has 0 amide bonds. The van der Waals surface area contributed by atoms with Crippen molar-refractivity contribution >= 4 is 0 Å². The molecular formula is C15H24O. The van der Waals surface area contributed by atoms with Crippen LogP contribution in [0.5, 0.6) is 0 Å². The molecule has 0 heterocycles. The van der Waals surface area contributed by atoms with E-state index in [0.717, 1.165) is 12.8 Å². The SMILES string of the molecule is CC1=CC[C@@]2(CC1)C(C(C)C)=CC[C@@H]2CO. The van der Waals surface area contributed by atoms with Crippen LogP contribution in [-0.2, 0) is 0 Å². The third-order valence-corrected chi connectivity index (χ3v) is 4.60. The van der Waals surface area contributed by atoms with Crippen LogP contribution >= 0.6 is 0 Å². The van der Waals surface area contributed by atoms with E-state index in [1.54, 1.807) is 5.57 Å². The molecule has 1 N–H and O–H groups in total. The first kappa shape index (κ1) is 11.9. The second-order valence-corrected chi connectivity index (χ2v) is 5.84. The van der Waals surface area contributed by atoms with Gasteiger partial charge in [0, 0.05) is 12.0 Å². The number of rotatable bonds is 2. The van der Waals surface area contributed by atoms with Crippen molar-refractivity contribution in [2.24, 2.45) is 17.3 Å². The highest BCUT2D eigenvalue weighted by atomic mass is 16.3. The average molecular weight is 220 g/mol. The van der Waals surface area contributed by atoms with Gasteiger partial charge < -0.3 is 5.11 Å². The van der Waals surface area contributed by atoms with Gasteiger partial charge in [-0.1, -0.05) is 37.1 Å². The fraction of sp³-hybridized carbons (Fsp3) is 0.733. The van der Waals surface area contributed by atoms with Crippen molar-refractivity contribution in [2.75, 3.05) is 6.61 Å². The zero-order chi connectivity index (χ0) is 11.8. The van der Waals surface area contributed by atoms with Gasteiger partial charge in [0.05, 0.1) is 0 Å². The molecule has 1 heteroatoms. The molecule has 2 atom stereocenters. The zero-order valence-electron chi connectivity index (χ0n) is 10.8. The van der Waals surface area contributed by atoms with Crippen LogP contribution in [0.3, 0.4) is 0 Å². The van der Waals surface area contributed by atoms with E-state index in [1.807, 2.05) is 0 Å². The Balaban J connectivity index is 2.30. The number of hydrogen-bond acceptors (Lipinski definition) is 1. The van der Waals surface area contributed by atoms with Gasteiger partial charge in [0.25, 0.3) is 0 Å². The Morgan fingerprint density at radius 3 is 2.69 bits per heavy atom. The van der Waals surface area contributed by atoms with Crippen LogP contribution in [0.25, 0.3) is 0 Å². The summed E-state index contributed by atoms with van der Waals surface area (Å²) in [6.07, 6.45) is 9.48. The Morgan fingerprint density at radius 2 is 2.19 bits per heavy atom. The van der Waals surface area contributed by atoms with Crippen molar-refractivity contribution in [3.63, 3.8) is 0 Å². The van der Waals surface area contributed by atoms with Crippen LogP contribution in [0.1, 0.15) is 46.5 Å². The molecular weight excluding hydrogens is 196 g/mol. The minimum absolute atomic E-state index is 0.294. The molecule has 90 valence electrons. The third-order valence-electron chi connectivity index (χ3n) is 4.60. The first-order chi connectivity index (χ1) is 7.60. The molecule has 0 saturated carbocycles. The van der Waals surface area contributed by atoms with Crippen molar-refractivity contribution < 1.29 is 5.11 Å². The molecule has 0 radical (unpaired) electrons. The standard InChI is InChI=1S/C15H24O/c1-11(2)14-5-4-13(10-16)15(14)8-6-12(3)7-9-15/h5-6,11,13,16H,4,7-10H2,1-3H3/t13-,15+/m1/s1. The topological polar surface area (TPSA) is 20.2 Å². The molecule has 0 bridgehead atoms. The van der Waals surface area contributed by atoms with Gasteiger partial charge in [-0.3, -0.25) is 0 Å². The number of allylic oxidation sites excluding steroid dienone is 4. The summed E-state index contributed by atoms with van der Waals surface area (Å²) in [6, 6.07) is 0. The maximum absolute atomic E-state index is 9.59. The van der Waals surface area contributed by atoms with E-state index in [2.05, 4.69) is 32.9 Å². The second kappa shape index (κ2) is 4.37. The van der Waals surface area contributed by atoms with Gasteiger partial charge >= 0.3 is 0 Å². The van der Waals surface area contributed by atoms with E-state index >= 15 is 0 Å². The highest BCUT2D eigenvalue weighted by molar-refractivity contribution is 5.29. The van der Waals surface area contributed by atoms with E-state index in [4.69, 9.17) is 0 Å². The van der Waals surface area contributed by atoms with Gasteiger partial charge in [-0.25, -0.2) is 0 Å². The Labute approximate surface area is 99.3 Å². The summed E-state index contributed by atoms with van der Waals surface area (Å²) in [7, 11) is 0. The van der Waals surface area contributed by atoms with Crippen molar-refractivity contribution in [3.05, 3.63) is 23.3 Å². The van der Waals surface area contributed by atoms with Gasteiger partial charge in [-0.2, -0.15) is 0 Å². The van der Waals surface area contributed by atoms with E-state index in [9.17, 15) is 5.11 Å². The zero-order valence-corrected chi connectivity index (χ0v) is 10.8. The van der Waals surface area contributed by atoms with Crippen molar-refractivity contribution in [2.45, 2.75) is 46.5 Å². The Morgan fingerprint density at radius 1 is 1.44 bits per heavy atom. The largest absolute Gasteiger partial charge is 0.396 e. The molecule has 1 nitrogen and oxygen atoms in total. The summed E-state index contributed by atoms with van der Waals surface area (Å²) in [5.74, 6) is 1.10. The third kappa shape index (κ3) is 1.75. The summed E-state index contributed by atoms with van der Waals surface area (Å²) in [5.41, 5.74) is 3.43. The van der Waals surface area contributed by atoms with Gasteiger partial charge in [-0.15, -0.1) is 0 Å². The molecule has 0 unspecified atom stereocenters. The van der Waals surface area contributed by atoms with E-state index in [-0.39, 0.29) is 0 Å². The summed E-state index contributed by atoms with van der Waals surface area (Å²) in [4.78, 5) is 0. The lowest BCUT2D eigenvalue weighted by molar-refractivity contribution is 0.115. The molecule has 0 saturated heterocycles. The lowest BCUT2D eigenvalue weighted by atomic mass is 9.63. The summed E-state index contributed by atoms with van der Waals surface area (Å²) < 4.78 is 0. The first-order valence-corrected chi connectivity index (χ1v) is 6.57. The van der Waals surface area contributed by atoms with Gasteiger partial charge in [-0.05, 0) is 44.4 Å². The molecule has 2 rings (SSSR count). The van der Waals surface area contributed by atoms with Crippen molar-refractivity contribution in [3.8, 4) is 0 Å². The summed E-state index contributed by atoms with van der Waals surface area (Å²) >= 11 is 0. The predicted molar refractivity (Wildman–Crippen MR) is 68.2 cm³/mol. The van der Waals surface area contributed by atoms with E-state index in [1.165, 1.54) is 18.4 Å². The number of aliphatic hydroxyl groups excluding tert-OH is 1. The van der Waals surface area contributed by atoms with Gasteiger partial charge in [0.1, 0.15) is 0 Å². The normalized spacial score (nSPS) is 34.4. The minimum atomic E-state index is 0.294. The van der Waals surface area contributed by atoms with Crippen LogP contribution in [0.15, 0.2) is 23.3 Å². The monoisotopic (exact) mass is 220 g/mol. The minimum Gasteiger partial charge on any atom is -0.396 e. The lowest BCUT2D eigenvalue weighted by Gasteiger charge is -2.41. The second-order valence-electron chi connectivity index (χ2n) is 5.84. The Bertz CT molecular complexity index is 324. The predicted octanol–water partition coefficient (Wildman–Crippen LogP) is 3.70. The maximum atomic E-state index is 9.59. The molecule has 1 spiro atoms. The van der Waals surface area contributed by atoms with Crippen molar-refractivity contribution in [1.82, 2.24) is 0 Å². The molecule has 2 aliphatic carbocycles. The summed E-state index contributed by atoms with van der Waals surface area (Å²) in [6.45, 7) is 7.16. The van der Waals surface area contributed by atoms with Gasteiger partial charge in [0.2, 0.25) is 0 Å². The van der Waals surface area contributed by atoms with Crippen LogP contribution in [0, 0.1) is 17.3 Å². The Hall–Kier alpha value is -0.560. The van der Waals surface area contributed by atoms with Crippen LogP contribution in [0.4, 0.5) is 0 Å². The van der Waals surface area contributed by atoms with Crippen molar-refractivity contribution in [1.29, 1.82) is 0 Å². The summed E-state index contributed by atoms with van der Waals surface area (Å²) in [5, 5.41) is 9.59. The first-order valence-electron chi connectivity index (χ1n) is 6.57. The highest BCUT2D eigenvalue weighted by Crippen LogP contribution is 2.54. The lowest BCUT2D eigenvalue weighted by Crippen LogP contribution is -2.34. The number of hydrogen-bond donors (Lipinski definition) is 1. The molecule has 16 heavy (non-hydrogen) atoms. The fourth-order valence-corrected chi connectivity index (χ4v) is 3.61. The smallest absolute Gasteiger partial charge is 0.0470 e. The molecule has 0 aromatic rings. The van der Waals surface area contributed by atoms with E-state index in [0.29, 0.717) is 23.9 Å². The number of aliphatic hydroxyl groups is 1. The quantitative estimate of drug-likeness (QED) is 0.704. The Kier molecular flexibility index (Phi) is 3.25. The molecule has 0 aromatic carbocycles. The molecule has 0 aliphatic heterocycles. The van der Waals surface area contributed by atoms with Crippen LogP contribution in [-0.4, -0.2) is 11.7 Å². The van der Waals surface area contributed by atoms with Crippen LogP contribution in [0.2, 0.25) is 0 Å². The van der Waals surface area contributed by atoms with E-state index < -0.39 is 0 Å². The van der Waals surface area contributed by atoms with Gasteiger partial charge in [0.15, 0.2) is 0 Å². The van der Waals surface area contributed by atoms with Crippen LogP contribution < -0.4 is 0 Å². The highest BCUT2D eigenvalue weighted by Gasteiger charge is 2.45.